The van der Waals surface area contributed by atoms with Gasteiger partial charge in [0.2, 0.25) is 6.41 Å². The molecule has 132 valence electrons. The SMILES string of the molecule is CC(C)(C)OC(=O)N1Cc2c(c3ccccc3n2C=O)CC1C(=O)O. The van der Waals surface area contributed by atoms with Crippen LogP contribution < -0.4 is 0 Å². The van der Waals surface area contributed by atoms with Crippen molar-refractivity contribution >= 4 is 29.4 Å². The number of carboxylic acid groups (broad SMARTS) is 1. The van der Waals surface area contributed by atoms with E-state index < -0.39 is 23.7 Å². The van der Waals surface area contributed by atoms with E-state index in [0.29, 0.717) is 17.6 Å². The summed E-state index contributed by atoms with van der Waals surface area (Å²) < 4.78 is 6.82. The number of para-hydroxylation sites is 1. The van der Waals surface area contributed by atoms with Crippen molar-refractivity contribution in [3.8, 4) is 0 Å². The third kappa shape index (κ3) is 2.97. The van der Waals surface area contributed by atoms with E-state index in [2.05, 4.69) is 0 Å². The van der Waals surface area contributed by atoms with Gasteiger partial charge in [-0.15, -0.1) is 0 Å². The van der Waals surface area contributed by atoms with Crippen molar-refractivity contribution in [2.45, 2.75) is 45.4 Å². The van der Waals surface area contributed by atoms with E-state index >= 15 is 0 Å². The van der Waals surface area contributed by atoms with Crippen LogP contribution in [-0.4, -0.2) is 44.7 Å². The number of amides is 1. The number of ether oxygens (including phenoxy) is 1. The highest BCUT2D eigenvalue weighted by atomic mass is 16.6. The van der Waals surface area contributed by atoms with Crippen LogP contribution in [0.5, 0.6) is 0 Å². The number of rotatable bonds is 2. The summed E-state index contributed by atoms with van der Waals surface area (Å²) in [6.07, 6.45) is 0.120. The van der Waals surface area contributed by atoms with E-state index in [1.54, 1.807) is 26.8 Å². The minimum absolute atomic E-state index is 0.00856. The number of hydrogen-bond acceptors (Lipinski definition) is 4. The van der Waals surface area contributed by atoms with E-state index in [0.717, 1.165) is 10.9 Å². The van der Waals surface area contributed by atoms with Crippen LogP contribution in [0.1, 0.15) is 32.0 Å². The quantitative estimate of drug-likeness (QED) is 0.845. The molecular weight excluding hydrogens is 324 g/mol. The number of carbonyl (C=O) groups excluding carboxylic acids is 2. The highest BCUT2D eigenvalue weighted by Crippen LogP contribution is 2.33. The molecule has 1 aromatic heterocycles. The van der Waals surface area contributed by atoms with Gasteiger partial charge in [-0.3, -0.25) is 14.3 Å². The van der Waals surface area contributed by atoms with E-state index in [9.17, 15) is 19.5 Å². The van der Waals surface area contributed by atoms with Crippen molar-refractivity contribution in [2.75, 3.05) is 0 Å². The van der Waals surface area contributed by atoms with Crippen LogP contribution in [0.4, 0.5) is 4.79 Å². The number of aromatic nitrogens is 1. The largest absolute Gasteiger partial charge is 0.480 e. The van der Waals surface area contributed by atoms with E-state index in [1.807, 2.05) is 18.2 Å². The highest BCUT2D eigenvalue weighted by Gasteiger charge is 2.39. The molecule has 2 aromatic rings. The fourth-order valence-electron chi connectivity index (χ4n) is 3.21. The fraction of sp³-hybridized carbons (Fsp3) is 0.389. The van der Waals surface area contributed by atoms with Crippen LogP contribution in [0.25, 0.3) is 10.9 Å². The zero-order valence-electron chi connectivity index (χ0n) is 14.4. The third-order valence-corrected chi connectivity index (χ3v) is 4.24. The van der Waals surface area contributed by atoms with E-state index in [4.69, 9.17) is 4.74 Å². The maximum Gasteiger partial charge on any atom is 0.411 e. The Bertz CT molecular complexity index is 862. The maximum atomic E-state index is 12.5. The molecule has 2 heterocycles. The molecule has 25 heavy (non-hydrogen) atoms. The molecule has 0 bridgehead atoms. The number of carbonyl (C=O) groups is 3. The lowest BCUT2D eigenvalue weighted by molar-refractivity contribution is -0.143. The molecule has 7 heteroatoms. The maximum absolute atomic E-state index is 12.5. The van der Waals surface area contributed by atoms with Crippen molar-refractivity contribution < 1.29 is 24.2 Å². The second-order valence-corrected chi connectivity index (χ2v) is 7.08. The lowest BCUT2D eigenvalue weighted by Gasteiger charge is -2.34. The van der Waals surface area contributed by atoms with Gasteiger partial charge in [0, 0.05) is 17.5 Å². The van der Waals surface area contributed by atoms with Gasteiger partial charge in [0.05, 0.1) is 12.1 Å². The monoisotopic (exact) mass is 344 g/mol. The molecule has 1 aromatic carbocycles. The second-order valence-electron chi connectivity index (χ2n) is 7.08. The predicted molar refractivity (Wildman–Crippen MR) is 91.0 cm³/mol. The first-order chi connectivity index (χ1) is 11.7. The Balaban J connectivity index is 2.09. The molecule has 0 spiro atoms. The van der Waals surface area contributed by atoms with Crippen molar-refractivity contribution in [1.29, 1.82) is 0 Å². The Morgan fingerprint density at radius 1 is 1.28 bits per heavy atom. The average Bonchev–Trinajstić information content (AvgIpc) is 2.84. The lowest BCUT2D eigenvalue weighted by atomic mass is 9.97. The first-order valence-electron chi connectivity index (χ1n) is 8.01. The molecule has 1 amide bonds. The first kappa shape index (κ1) is 17.0. The van der Waals surface area contributed by atoms with Gasteiger partial charge in [-0.1, -0.05) is 18.2 Å². The molecule has 1 unspecified atom stereocenters. The minimum atomic E-state index is -1.10. The van der Waals surface area contributed by atoms with Crippen LogP contribution in [0, 0.1) is 0 Å². The van der Waals surface area contributed by atoms with Gasteiger partial charge < -0.3 is 9.84 Å². The Morgan fingerprint density at radius 2 is 1.96 bits per heavy atom. The standard InChI is InChI=1S/C18H20N2O5/c1-18(2,3)25-17(24)19-9-15-12(8-14(19)16(22)23)11-6-4-5-7-13(11)20(15)10-21/h4-7,10,14H,8-9H2,1-3H3,(H,22,23). The zero-order chi connectivity index (χ0) is 18.4. The summed E-state index contributed by atoms with van der Waals surface area (Å²) in [4.78, 5) is 37.0. The van der Waals surface area contributed by atoms with Crippen molar-refractivity contribution in [1.82, 2.24) is 9.47 Å². The van der Waals surface area contributed by atoms with Crippen molar-refractivity contribution in [2.24, 2.45) is 0 Å². The summed E-state index contributed by atoms with van der Waals surface area (Å²) >= 11 is 0. The van der Waals surface area contributed by atoms with Gasteiger partial charge in [-0.05, 0) is 32.4 Å². The molecule has 0 fully saturated rings. The lowest BCUT2D eigenvalue weighted by Crippen LogP contribution is -2.50. The van der Waals surface area contributed by atoms with Gasteiger partial charge >= 0.3 is 12.1 Å². The first-order valence-corrected chi connectivity index (χ1v) is 8.01. The Labute approximate surface area is 144 Å². The van der Waals surface area contributed by atoms with Gasteiger partial charge in [0.1, 0.15) is 11.6 Å². The van der Waals surface area contributed by atoms with Crippen molar-refractivity contribution in [3.05, 3.63) is 35.5 Å². The zero-order valence-corrected chi connectivity index (χ0v) is 14.4. The van der Waals surface area contributed by atoms with E-state index in [-0.39, 0.29) is 13.0 Å². The van der Waals surface area contributed by atoms with Crippen LogP contribution in [0.2, 0.25) is 0 Å². The molecule has 1 aliphatic heterocycles. The average molecular weight is 344 g/mol. The van der Waals surface area contributed by atoms with Crippen LogP contribution in [-0.2, 0) is 27.3 Å². The van der Waals surface area contributed by atoms with Crippen LogP contribution in [0.3, 0.4) is 0 Å². The number of benzene rings is 1. The van der Waals surface area contributed by atoms with Gasteiger partial charge in [-0.25, -0.2) is 9.59 Å². The Hall–Kier alpha value is -2.83. The molecule has 0 saturated heterocycles. The van der Waals surface area contributed by atoms with Crippen LogP contribution in [0.15, 0.2) is 24.3 Å². The van der Waals surface area contributed by atoms with Gasteiger partial charge in [0.25, 0.3) is 0 Å². The van der Waals surface area contributed by atoms with Gasteiger partial charge in [0.15, 0.2) is 0 Å². The molecule has 0 saturated carbocycles. The number of nitrogens with zero attached hydrogens (tertiary/aromatic N) is 2. The Kier molecular flexibility index (Phi) is 4.02. The minimum Gasteiger partial charge on any atom is -0.480 e. The smallest absolute Gasteiger partial charge is 0.411 e. The predicted octanol–water partition coefficient (Wildman–Crippen LogP) is 2.43. The molecule has 3 rings (SSSR count). The number of aliphatic carboxylic acids is 1. The molecule has 0 radical (unpaired) electrons. The second kappa shape index (κ2) is 5.91. The van der Waals surface area contributed by atoms with Gasteiger partial charge in [-0.2, -0.15) is 0 Å². The molecule has 1 atom stereocenters. The summed E-state index contributed by atoms with van der Waals surface area (Å²) in [5.74, 6) is -1.10. The number of carboxylic acids is 1. The normalized spacial score (nSPS) is 17.2. The molecule has 7 nitrogen and oxygen atoms in total. The number of fused-ring (bicyclic) bond motifs is 3. The molecule has 1 aliphatic rings. The van der Waals surface area contributed by atoms with E-state index in [1.165, 1.54) is 9.47 Å². The molecular formula is C18H20N2O5. The highest BCUT2D eigenvalue weighted by molar-refractivity contribution is 5.92. The molecule has 0 aliphatic carbocycles. The summed E-state index contributed by atoms with van der Waals surface area (Å²) in [6.45, 7) is 5.17. The summed E-state index contributed by atoms with van der Waals surface area (Å²) in [7, 11) is 0. The summed E-state index contributed by atoms with van der Waals surface area (Å²) in [6, 6.07) is 6.28. The Morgan fingerprint density at radius 3 is 2.56 bits per heavy atom. The van der Waals surface area contributed by atoms with Crippen LogP contribution >= 0.6 is 0 Å². The summed E-state index contributed by atoms with van der Waals surface area (Å²) in [5.41, 5.74) is 1.38. The molecule has 1 N–H and O–H groups in total. The van der Waals surface area contributed by atoms with Crippen molar-refractivity contribution in [3.63, 3.8) is 0 Å². The third-order valence-electron chi connectivity index (χ3n) is 4.24. The summed E-state index contributed by atoms with van der Waals surface area (Å²) in [5, 5.41) is 10.4. The topological polar surface area (TPSA) is 88.8 Å². The number of hydrogen-bond donors (Lipinski definition) is 1. The fourth-order valence-corrected chi connectivity index (χ4v) is 3.21.